The van der Waals surface area contributed by atoms with E-state index in [-0.39, 0.29) is 22.2 Å². The summed E-state index contributed by atoms with van der Waals surface area (Å²) in [6.45, 7) is 5.81. The summed E-state index contributed by atoms with van der Waals surface area (Å²) < 4.78 is 27.6. The van der Waals surface area contributed by atoms with Crippen LogP contribution in [0.2, 0.25) is 0 Å². The van der Waals surface area contributed by atoms with Crippen molar-refractivity contribution in [3.63, 3.8) is 0 Å². The van der Waals surface area contributed by atoms with E-state index in [0.29, 0.717) is 6.54 Å². The molecule has 0 aliphatic carbocycles. The molecule has 0 aromatic heterocycles. The van der Waals surface area contributed by atoms with Gasteiger partial charge in [0.2, 0.25) is 10.0 Å². The predicted molar refractivity (Wildman–Crippen MR) is 87.9 cm³/mol. The topological polar surface area (TPSA) is 92.5 Å². The van der Waals surface area contributed by atoms with Gasteiger partial charge in [-0.05, 0) is 45.3 Å². The highest BCUT2D eigenvalue weighted by molar-refractivity contribution is 7.89. The molecule has 1 N–H and O–H groups in total. The molecular weight excluding hydrogens is 318 g/mol. The Hall–Kier alpha value is -1.51. The molecule has 0 bridgehead atoms. The molecule has 7 nitrogen and oxygen atoms in total. The number of nitrogens with zero attached hydrogens (tertiary/aromatic N) is 2. The van der Waals surface area contributed by atoms with Crippen LogP contribution in [0.5, 0.6) is 0 Å². The van der Waals surface area contributed by atoms with Gasteiger partial charge in [-0.25, -0.2) is 13.1 Å². The Morgan fingerprint density at radius 1 is 1.35 bits per heavy atom. The average Bonchev–Trinajstić information content (AvgIpc) is 3.01. The SMILES string of the molecule is CC[C@H](CNS(=O)(=O)c1cccc([N+](=O)[O-])c1C)N1CCCC1. The molecule has 0 spiro atoms. The van der Waals surface area contributed by atoms with Gasteiger partial charge in [-0.1, -0.05) is 13.0 Å². The van der Waals surface area contributed by atoms with Gasteiger partial charge in [0.1, 0.15) is 0 Å². The van der Waals surface area contributed by atoms with Crippen LogP contribution in [0.3, 0.4) is 0 Å². The zero-order valence-corrected chi connectivity index (χ0v) is 14.3. The van der Waals surface area contributed by atoms with Gasteiger partial charge in [-0.2, -0.15) is 0 Å². The molecule has 2 rings (SSSR count). The molecule has 1 aliphatic rings. The third-order valence-corrected chi connectivity index (χ3v) is 5.95. The van der Waals surface area contributed by atoms with Crippen molar-refractivity contribution in [1.29, 1.82) is 0 Å². The molecule has 1 aromatic rings. The standard InChI is InChI=1S/C15H23N3O4S/c1-3-13(17-9-4-5-10-17)11-16-23(21,22)15-8-6-7-14(12(15)2)18(19)20/h6-8,13,16H,3-5,9-11H2,1-2H3/t13-/m1/s1. The predicted octanol–water partition coefficient (Wildman–Crippen LogP) is 2.06. The molecule has 1 aromatic carbocycles. The smallest absolute Gasteiger partial charge is 0.273 e. The zero-order chi connectivity index (χ0) is 17.0. The van der Waals surface area contributed by atoms with Gasteiger partial charge in [-0.15, -0.1) is 0 Å². The second-order valence-corrected chi connectivity index (χ2v) is 7.55. The summed E-state index contributed by atoms with van der Waals surface area (Å²) in [6.07, 6.45) is 3.15. The van der Waals surface area contributed by atoms with E-state index in [0.717, 1.165) is 32.4 Å². The molecule has 1 aliphatic heterocycles. The Morgan fingerprint density at radius 2 is 2.00 bits per heavy atom. The zero-order valence-electron chi connectivity index (χ0n) is 13.5. The first kappa shape index (κ1) is 17.8. The van der Waals surface area contributed by atoms with E-state index in [4.69, 9.17) is 0 Å². The lowest BCUT2D eigenvalue weighted by Crippen LogP contribution is -2.42. The monoisotopic (exact) mass is 341 g/mol. The molecule has 128 valence electrons. The number of hydrogen-bond acceptors (Lipinski definition) is 5. The lowest BCUT2D eigenvalue weighted by molar-refractivity contribution is -0.385. The molecule has 0 saturated carbocycles. The fourth-order valence-corrected chi connectivity index (χ4v) is 4.35. The van der Waals surface area contributed by atoms with Crippen LogP contribution >= 0.6 is 0 Å². The van der Waals surface area contributed by atoms with Crippen molar-refractivity contribution in [3.8, 4) is 0 Å². The number of nitrogens with one attached hydrogen (secondary N) is 1. The third kappa shape index (κ3) is 4.07. The second kappa shape index (κ2) is 7.37. The molecule has 1 saturated heterocycles. The minimum absolute atomic E-state index is 0.0250. The molecule has 0 unspecified atom stereocenters. The number of likely N-dealkylation sites (tertiary alicyclic amines) is 1. The Kier molecular flexibility index (Phi) is 5.72. The van der Waals surface area contributed by atoms with Gasteiger partial charge >= 0.3 is 0 Å². The number of nitro groups is 1. The maximum Gasteiger partial charge on any atom is 0.273 e. The fraction of sp³-hybridized carbons (Fsp3) is 0.600. The van der Waals surface area contributed by atoms with E-state index >= 15 is 0 Å². The van der Waals surface area contributed by atoms with Crippen LogP contribution in [0, 0.1) is 17.0 Å². The lowest BCUT2D eigenvalue weighted by Gasteiger charge is -2.26. The van der Waals surface area contributed by atoms with E-state index < -0.39 is 14.9 Å². The Balaban J connectivity index is 2.15. The largest absolute Gasteiger partial charge is 0.299 e. The summed E-state index contributed by atoms with van der Waals surface area (Å²) in [7, 11) is -3.76. The molecule has 0 radical (unpaired) electrons. The molecule has 8 heteroatoms. The van der Waals surface area contributed by atoms with Crippen LogP contribution < -0.4 is 4.72 Å². The van der Waals surface area contributed by atoms with Gasteiger partial charge in [0.05, 0.1) is 9.82 Å². The van der Waals surface area contributed by atoms with E-state index in [1.54, 1.807) is 0 Å². The minimum Gasteiger partial charge on any atom is -0.299 e. The normalized spacial score (nSPS) is 17.3. The fourth-order valence-electron chi connectivity index (χ4n) is 3.01. The van der Waals surface area contributed by atoms with Crippen LogP contribution in [0.25, 0.3) is 0 Å². The summed E-state index contributed by atoms with van der Waals surface area (Å²) in [5, 5.41) is 11.0. The highest BCUT2D eigenvalue weighted by Crippen LogP contribution is 2.24. The van der Waals surface area contributed by atoms with Crippen molar-refractivity contribution >= 4 is 15.7 Å². The summed E-state index contributed by atoms with van der Waals surface area (Å²) >= 11 is 0. The summed E-state index contributed by atoms with van der Waals surface area (Å²) in [5.74, 6) is 0. The maximum atomic E-state index is 12.5. The van der Waals surface area contributed by atoms with Gasteiger partial charge in [0.25, 0.3) is 5.69 Å². The van der Waals surface area contributed by atoms with Crippen LogP contribution in [0.15, 0.2) is 23.1 Å². The van der Waals surface area contributed by atoms with Crippen LogP contribution in [0.1, 0.15) is 31.7 Å². The molecule has 0 amide bonds. The van der Waals surface area contributed by atoms with Crippen LogP contribution in [-0.4, -0.2) is 43.9 Å². The summed E-state index contributed by atoms with van der Waals surface area (Å²) in [6, 6.07) is 4.28. The van der Waals surface area contributed by atoms with Crippen molar-refractivity contribution in [2.75, 3.05) is 19.6 Å². The van der Waals surface area contributed by atoms with E-state index in [9.17, 15) is 18.5 Å². The van der Waals surface area contributed by atoms with Crippen molar-refractivity contribution in [2.45, 2.75) is 44.0 Å². The quantitative estimate of drug-likeness (QED) is 0.605. The summed E-state index contributed by atoms with van der Waals surface area (Å²) in [4.78, 5) is 12.7. The van der Waals surface area contributed by atoms with Crippen LogP contribution in [0.4, 0.5) is 5.69 Å². The Bertz CT molecular complexity index is 669. The highest BCUT2D eigenvalue weighted by Gasteiger charge is 2.26. The van der Waals surface area contributed by atoms with E-state index in [1.807, 2.05) is 6.92 Å². The molecular formula is C15H23N3O4S. The lowest BCUT2D eigenvalue weighted by atomic mass is 10.2. The number of sulfonamides is 1. The number of benzene rings is 1. The molecule has 23 heavy (non-hydrogen) atoms. The van der Waals surface area contributed by atoms with E-state index in [2.05, 4.69) is 9.62 Å². The van der Waals surface area contributed by atoms with Gasteiger partial charge in [-0.3, -0.25) is 15.0 Å². The molecule has 1 atom stereocenters. The van der Waals surface area contributed by atoms with Crippen molar-refractivity contribution in [2.24, 2.45) is 0 Å². The van der Waals surface area contributed by atoms with Gasteiger partial charge in [0, 0.05) is 24.2 Å². The van der Waals surface area contributed by atoms with Crippen molar-refractivity contribution in [3.05, 3.63) is 33.9 Å². The third-order valence-electron chi connectivity index (χ3n) is 4.38. The van der Waals surface area contributed by atoms with Crippen molar-refractivity contribution < 1.29 is 13.3 Å². The number of rotatable bonds is 7. The van der Waals surface area contributed by atoms with E-state index in [1.165, 1.54) is 25.1 Å². The second-order valence-electron chi connectivity index (χ2n) is 5.81. The van der Waals surface area contributed by atoms with Gasteiger partial charge < -0.3 is 0 Å². The highest BCUT2D eigenvalue weighted by atomic mass is 32.2. The Morgan fingerprint density at radius 3 is 2.57 bits per heavy atom. The Labute approximate surface area is 136 Å². The average molecular weight is 341 g/mol. The molecule has 1 heterocycles. The molecule has 1 fully saturated rings. The van der Waals surface area contributed by atoms with Crippen LogP contribution in [-0.2, 0) is 10.0 Å². The first-order valence-electron chi connectivity index (χ1n) is 7.84. The summed E-state index contributed by atoms with van der Waals surface area (Å²) in [5.41, 5.74) is -0.0151. The first-order chi connectivity index (χ1) is 10.9. The minimum atomic E-state index is -3.76. The van der Waals surface area contributed by atoms with Crippen molar-refractivity contribution in [1.82, 2.24) is 9.62 Å². The number of nitro benzene ring substituents is 1. The van der Waals surface area contributed by atoms with Gasteiger partial charge in [0.15, 0.2) is 0 Å². The maximum absolute atomic E-state index is 12.5. The first-order valence-corrected chi connectivity index (χ1v) is 9.33. The number of hydrogen-bond donors (Lipinski definition) is 1.